The molecule has 25 heavy (non-hydrogen) atoms. The second kappa shape index (κ2) is 6.53. The van der Waals surface area contributed by atoms with Crippen molar-refractivity contribution in [3.8, 4) is 0 Å². The molecule has 0 aromatic rings. The molecule has 140 valence electrons. The Balaban J connectivity index is 1.90. The second-order valence-electron chi connectivity index (χ2n) is 8.56. The third kappa shape index (κ3) is 2.86. The summed E-state index contributed by atoms with van der Waals surface area (Å²) in [5, 5.41) is 30.4. The zero-order valence-corrected chi connectivity index (χ0v) is 15.1. The Bertz CT molecular complexity index is 585. The largest absolute Gasteiger partial charge is 0.462 e. The minimum Gasteiger partial charge on any atom is -0.462 e. The van der Waals surface area contributed by atoms with E-state index in [1.165, 1.54) is 0 Å². The highest BCUT2D eigenvalue weighted by atomic mass is 16.6. The lowest BCUT2D eigenvalue weighted by Gasteiger charge is -2.59. The summed E-state index contributed by atoms with van der Waals surface area (Å²) in [4.78, 5) is 11.8. The Morgan fingerprint density at radius 3 is 2.60 bits per heavy atom. The lowest BCUT2D eigenvalue weighted by Crippen LogP contribution is -2.57. The van der Waals surface area contributed by atoms with Crippen LogP contribution in [0.25, 0.3) is 0 Å². The van der Waals surface area contributed by atoms with Gasteiger partial charge in [0.15, 0.2) is 0 Å². The topological polar surface area (TPSA) is 87.0 Å². The number of carbonyl (C=O) groups excluding carboxylic acids is 1. The highest BCUT2D eigenvalue weighted by Gasteiger charge is 2.57. The first-order valence-corrected chi connectivity index (χ1v) is 9.23. The number of ether oxygens (including phenoxy) is 1. The van der Waals surface area contributed by atoms with Gasteiger partial charge in [0.25, 0.3) is 0 Å². The molecule has 1 heterocycles. The van der Waals surface area contributed by atoms with E-state index < -0.39 is 23.5 Å². The Hall–Kier alpha value is -1.17. The first-order chi connectivity index (χ1) is 11.7. The molecule has 0 unspecified atom stereocenters. The van der Waals surface area contributed by atoms with Crippen molar-refractivity contribution in [3.63, 3.8) is 0 Å². The van der Waals surface area contributed by atoms with Gasteiger partial charge in [-0.1, -0.05) is 38.2 Å². The molecule has 1 saturated heterocycles. The first kappa shape index (κ1) is 18.6. The van der Waals surface area contributed by atoms with E-state index in [0.29, 0.717) is 6.42 Å². The quantitative estimate of drug-likeness (QED) is 0.534. The number of aliphatic hydroxyl groups is 3. The third-order valence-corrected chi connectivity index (χ3v) is 7.15. The maximum Gasteiger partial charge on any atom is 0.315 e. The Morgan fingerprint density at radius 1 is 1.28 bits per heavy atom. The summed E-state index contributed by atoms with van der Waals surface area (Å²) in [6, 6.07) is 0. The number of aliphatic hydroxyl groups excluding tert-OH is 3. The fourth-order valence-corrected chi connectivity index (χ4v) is 5.45. The molecule has 2 saturated carbocycles. The monoisotopic (exact) mass is 350 g/mol. The molecule has 3 fully saturated rings. The van der Waals surface area contributed by atoms with Gasteiger partial charge in [-0.2, -0.15) is 0 Å². The van der Waals surface area contributed by atoms with E-state index in [1.54, 1.807) is 6.08 Å². The molecular formula is C20H30O5. The highest BCUT2D eigenvalue weighted by molar-refractivity contribution is 5.77. The van der Waals surface area contributed by atoms with Crippen LogP contribution in [0.1, 0.15) is 39.5 Å². The molecular weight excluding hydrogens is 320 g/mol. The normalized spacial score (nSPS) is 47.8. The number of cyclic esters (lactones) is 1. The van der Waals surface area contributed by atoms with E-state index >= 15 is 0 Å². The SMILES string of the molecule is C=C1CC[C@@H]2[C@](C)(CO)[C@H](O)CC[C@@]2(C)[C@@H]1/C=C/[C@@H]1C(=O)OC[C@H]1O. The predicted molar refractivity (Wildman–Crippen MR) is 93.5 cm³/mol. The maximum atomic E-state index is 11.8. The van der Waals surface area contributed by atoms with Gasteiger partial charge in [0.05, 0.1) is 12.7 Å². The van der Waals surface area contributed by atoms with Gasteiger partial charge >= 0.3 is 5.97 Å². The van der Waals surface area contributed by atoms with E-state index in [2.05, 4.69) is 13.5 Å². The van der Waals surface area contributed by atoms with Gasteiger partial charge in [0, 0.05) is 11.3 Å². The van der Waals surface area contributed by atoms with Crippen LogP contribution < -0.4 is 0 Å². The van der Waals surface area contributed by atoms with Crippen LogP contribution in [0.15, 0.2) is 24.3 Å². The molecule has 0 aromatic carbocycles. The molecule has 0 aromatic heterocycles. The minimum atomic E-state index is -0.792. The van der Waals surface area contributed by atoms with Gasteiger partial charge < -0.3 is 20.1 Å². The van der Waals surface area contributed by atoms with Crippen LogP contribution in [0.3, 0.4) is 0 Å². The molecule has 0 radical (unpaired) electrons. The fraction of sp³-hybridized carbons (Fsp3) is 0.750. The zero-order valence-electron chi connectivity index (χ0n) is 15.1. The van der Waals surface area contributed by atoms with Gasteiger partial charge in [-0.05, 0) is 37.0 Å². The van der Waals surface area contributed by atoms with Crippen LogP contribution in [0, 0.1) is 28.6 Å². The molecule has 1 aliphatic heterocycles. The van der Waals surface area contributed by atoms with Crippen LogP contribution in [0.4, 0.5) is 0 Å². The van der Waals surface area contributed by atoms with E-state index in [1.807, 2.05) is 13.0 Å². The van der Waals surface area contributed by atoms with E-state index in [4.69, 9.17) is 4.74 Å². The number of fused-ring (bicyclic) bond motifs is 1. The summed E-state index contributed by atoms with van der Waals surface area (Å²) in [6.45, 7) is 8.45. The van der Waals surface area contributed by atoms with Gasteiger partial charge in [0.2, 0.25) is 0 Å². The molecule has 0 bridgehead atoms. The highest BCUT2D eigenvalue weighted by Crippen LogP contribution is 2.61. The average Bonchev–Trinajstić information content (AvgIpc) is 2.89. The van der Waals surface area contributed by atoms with Crippen LogP contribution in [0.5, 0.6) is 0 Å². The number of rotatable bonds is 3. The summed E-state index contributed by atoms with van der Waals surface area (Å²) in [7, 11) is 0. The molecule has 0 amide bonds. The molecule has 5 heteroatoms. The van der Waals surface area contributed by atoms with Crippen molar-refractivity contribution in [2.75, 3.05) is 13.2 Å². The summed E-state index contributed by atoms with van der Waals surface area (Å²) in [5.74, 6) is -0.763. The summed E-state index contributed by atoms with van der Waals surface area (Å²) < 4.78 is 4.91. The molecule has 5 nitrogen and oxygen atoms in total. The van der Waals surface area contributed by atoms with Crippen LogP contribution >= 0.6 is 0 Å². The van der Waals surface area contributed by atoms with Crippen molar-refractivity contribution in [2.24, 2.45) is 28.6 Å². The van der Waals surface area contributed by atoms with Crippen molar-refractivity contribution >= 4 is 5.97 Å². The van der Waals surface area contributed by atoms with Gasteiger partial charge in [-0.15, -0.1) is 0 Å². The molecule has 0 spiro atoms. The lowest BCUT2D eigenvalue weighted by atomic mass is 9.46. The number of hydrogen-bond donors (Lipinski definition) is 3. The second-order valence-corrected chi connectivity index (χ2v) is 8.56. The molecule has 3 rings (SSSR count). The third-order valence-electron chi connectivity index (χ3n) is 7.15. The smallest absolute Gasteiger partial charge is 0.315 e. The minimum absolute atomic E-state index is 0.0367. The Morgan fingerprint density at radius 2 is 2.00 bits per heavy atom. The van der Waals surface area contributed by atoms with E-state index in [0.717, 1.165) is 24.8 Å². The number of allylic oxidation sites excluding steroid dienone is 2. The predicted octanol–water partition coefficient (Wildman–Crippen LogP) is 1.82. The maximum absolute atomic E-state index is 11.8. The first-order valence-electron chi connectivity index (χ1n) is 9.23. The Kier molecular flexibility index (Phi) is 4.86. The summed E-state index contributed by atoms with van der Waals surface area (Å²) >= 11 is 0. The van der Waals surface area contributed by atoms with Gasteiger partial charge in [-0.25, -0.2) is 0 Å². The standard InChI is InChI=1S/C20H30O5/c1-12-4-7-16-19(2,9-8-17(23)20(16,3)11-21)14(12)6-5-13-15(22)10-25-18(13)24/h5-6,13-17,21-23H,1,4,7-11H2,2-3H3/b6-5+/t13-,14+,15+,16-,17+,19-,20-/m0/s1. The average molecular weight is 350 g/mol. The molecule has 3 N–H and O–H groups in total. The van der Waals surface area contributed by atoms with Crippen molar-refractivity contribution in [3.05, 3.63) is 24.3 Å². The fourth-order valence-electron chi connectivity index (χ4n) is 5.45. The van der Waals surface area contributed by atoms with E-state index in [-0.39, 0.29) is 36.4 Å². The van der Waals surface area contributed by atoms with Gasteiger partial charge in [-0.3, -0.25) is 4.79 Å². The van der Waals surface area contributed by atoms with E-state index in [9.17, 15) is 20.1 Å². The number of carbonyl (C=O) groups is 1. The molecule has 3 aliphatic rings. The number of esters is 1. The van der Waals surface area contributed by atoms with Crippen molar-refractivity contribution < 1.29 is 24.9 Å². The zero-order chi connectivity index (χ0) is 18.4. The number of hydrogen-bond acceptors (Lipinski definition) is 5. The summed E-state index contributed by atoms with van der Waals surface area (Å²) in [5.41, 5.74) is 0.467. The lowest BCUT2D eigenvalue weighted by molar-refractivity contribution is -0.146. The molecule has 7 atom stereocenters. The Labute approximate surface area is 149 Å². The molecule has 2 aliphatic carbocycles. The van der Waals surface area contributed by atoms with Crippen LogP contribution in [-0.2, 0) is 9.53 Å². The summed E-state index contributed by atoms with van der Waals surface area (Å²) in [6.07, 6.45) is 5.72. The van der Waals surface area contributed by atoms with Crippen LogP contribution in [0.2, 0.25) is 0 Å². The van der Waals surface area contributed by atoms with Crippen molar-refractivity contribution in [2.45, 2.75) is 51.7 Å². The van der Waals surface area contributed by atoms with Crippen molar-refractivity contribution in [1.29, 1.82) is 0 Å². The van der Waals surface area contributed by atoms with Gasteiger partial charge in [0.1, 0.15) is 18.6 Å². The van der Waals surface area contributed by atoms with Crippen LogP contribution in [-0.4, -0.2) is 46.7 Å². The van der Waals surface area contributed by atoms with Crippen molar-refractivity contribution in [1.82, 2.24) is 0 Å².